The molecule has 1 saturated heterocycles. The fourth-order valence-corrected chi connectivity index (χ4v) is 7.11. The molecule has 2 aliphatic rings. The molecule has 3 heterocycles. The van der Waals surface area contributed by atoms with E-state index < -0.39 is 13.1 Å². The Balaban J connectivity index is 1.45. The van der Waals surface area contributed by atoms with Crippen LogP contribution in [0.5, 0.6) is 5.75 Å². The molecule has 1 fully saturated rings. The predicted octanol–water partition coefficient (Wildman–Crippen LogP) is 2.50. The molecule has 28 heavy (non-hydrogen) atoms. The average molecular weight is 437 g/mol. The quantitative estimate of drug-likeness (QED) is 0.609. The molecule has 0 saturated carbocycles. The fourth-order valence-electron chi connectivity index (χ4n) is 3.38. The van der Waals surface area contributed by atoms with Crippen molar-refractivity contribution in [3.8, 4) is 5.75 Å². The van der Waals surface area contributed by atoms with Crippen LogP contribution < -0.4 is 9.97 Å². The average Bonchev–Trinajstić information content (AvgIpc) is 3.10. The Bertz CT molecular complexity index is 875. The summed E-state index contributed by atoms with van der Waals surface area (Å²) in [7, 11) is -1.10. The highest BCUT2D eigenvalue weighted by molar-refractivity contribution is 8.04. The molecule has 0 spiro atoms. The fraction of sp³-hybridized carbons (Fsp3) is 0.471. The lowest BCUT2D eigenvalue weighted by molar-refractivity contribution is 0.0693. The Morgan fingerprint density at radius 3 is 2.71 bits per heavy atom. The maximum Gasteiger partial charge on any atom is 0.537 e. The van der Waals surface area contributed by atoms with E-state index in [4.69, 9.17) is 4.65 Å². The molecule has 0 unspecified atom stereocenters. The van der Waals surface area contributed by atoms with Crippen molar-refractivity contribution in [2.75, 3.05) is 13.1 Å². The van der Waals surface area contributed by atoms with E-state index >= 15 is 0 Å². The molecule has 0 radical (unpaired) electrons. The number of hydrogen-bond donors (Lipinski definition) is 3. The number of piperidine rings is 1. The first-order valence-electron chi connectivity index (χ1n) is 9.09. The number of carbonyl (C=O) groups is 1. The lowest BCUT2D eigenvalue weighted by atomic mass is 9.77. The molecule has 0 amide bonds. The molecule has 1 aromatic carbocycles. The van der Waals surface area contributed by atoms with E-state index in [1.165, 1.54) is 23.1 Å². The third-order valence-corrected chi connectivity index (χ3v) is 8.50. The number of thioether (sulfide) groups is 2. The van der Waals surface area contributed by atoms with Gasteiger partial charge in [0.25, 0.3) is 0 Å². The summed E-state index contributed by atoms with van der Waals surface area (Å²) in [5.41, 5.74) is 1.53. The van der Waals surface area contributed by atoms with Crippen LogP contribution in [-0.4, -0.2) is 56.9 Å². The van der Waals surface area contributed by atoms with Crippen molar-refractivity contribution in [2.24, 2.45) is 0 Å². The van der Waals surface area contributed by atoms with Gasteiger partial charge in [0.2, 0.25) is 0 Å². The first-order valence-corrected chi connectivity index (χ1v) is 11.7. The van der Waals surface area contributed by atoms with Gasteiger partial charge >= 0.3 is 13.1 Å². The molecule has 4 rings (SSSR count). The van der Waals surface area contributed by atoms with Gasteiger partial charge in [-0.25, -0.2) is 4.79 Å². The smallest absolute Gasteiger partial charge is 0.535 e. The molecule has 11 heteroatoms. The SMILES string of the molecule is Cc1ccc2c(c1C(=O)O)OB(O)[C@@H](Sc1nnc(SC3CCNCC3)s1)C2. The second-order valence-electron chi connectivity index (χ2n) is 6.82. The summed E-state index contributed by atoms with van der Waals surface area (Å²) in [6, 6.07) is 3.65. The second kappa shape index (κ2) is 8.62. The van der Waals surface area contributed by atoms with Crippen molar-refractivity contribution in [1.29, 1.82) is 0 Å². The van der Waals surface area contributed by atoms with Crippen molar-refractivity contribution < 1.29 is 19.6 Å². The van der Waals surface area contributed by atoms with Gasteiger partial charge in [-0.2, -0.15) is 0 Å². The maximum absolute atomic E-state index is 11.5. The zero-order chi connectivity index (χ0) is 19.7. The van der Waals surface area contributed by atoms with Gasteiger partial charge in [0.15, 0.2) is 8.68 Å². The molecule has 2 aromatic rings. The first kappa shape index (κ1) is 20.0. The number of aryl methyl sites for hydroxylation is 1. The molecule has 7 nitrogen and oxygen atoms in total. The molecular formula is C17H20BN3O4S3. The number of aromatic carboxylic acids is 1. The highest BCUT2D eigenvalue weighted by atomic mass is 32.2. The van der Waals surface area contributed by atoms with E-state index in [9.17, 15) is 14.9 Å². The summed E-state index contributed by atoms with van der Waals surface area (Å²) < 4.78 is 7.36. The zero-order valence-electron chi connectivity index (χ0n) is 15.3. The van der Waals surface area contributed by atoms with Crippen molar-refractivity contribution in [2.45, 2.75) is 45.3 Å². The van der Waals surface area contributed by atoms with Crippen LogP contribution >= 0.6 is 34.9 Å². The van der Waals surface area contributed by atoms with E-state index in [-0.39, 0.29) is 16.5 Å². The van der Waals surface area contributed by atoms with Gasteiger partial charge in [-0.1, -0.05) is 47.0 Å². The first-order chi connectivity index (χ1) is 13.5. The highest BCUT2D eigenvalue weighted by Gasteiger charge is 2.38. The third-order valence-electron chi connectivity index (χ3n) is 4.83. The molecule has 3 N–H and O–H groups in total. The van der Waals surface area contributed by atoms with Crippen LogP contribution in [0, 0.1) is 6.92 Å². The van der Waals surface area contributed by atoms with Gasteiger partial charge in [0.1, 0.15) is 11.3 Å². The molecular weight excluding hydrogens is 417 g/mol. The summed E-state index contributed by atoms with van der Waals surface area (Å²) in [5, 5.41) is 32.1. The van der Waals surface area contributed by atoms with E-state index in [2.05, 4.69) is 15.5 Å². The van der Waals surface area contributed by atoms with Crippen molar-refractivity contribution in [1.82, 2.24) is 15.5 Å². The molecule has 0 bridgehead atoms. The minimum atomic E-state index is -1.10. The Morgan fingerprint density at radius 1 is 1.29 bits per heavy atom. The Hall–Kier alpha value is -1.27. The molecule has 1 atom stereocenters. The van der Waals surface area contributed by atoms with Crippen LogP contribution in [0.4, 0.5) is 0 Å². The third kappa shape index (κ3) is 4.33. The lowest BCUT2D eigenvalue weighted by Crippen LogP contribution is -2.40. The summed E-state index contributed by atoms with van der Waals surface area (Å²) in [6.07, 6.45) is 2.77. The van der Waals surface area contributed by atoms with Crippen LogP contribution in [0.2, 0.25) is 0 Å². The summed E-state index contributed by atoms with van der Waals surface area (Å²) in [5.74, 6) is -0.771. The highest BCUT2D eigenvalue weighted by Crippen LogP contribution is 2.40. The number of carboxylic acid groups (broad SMARTS) is 1. The van der Waals surface area contributed by atoms with Crippen LogP contribution in [0.15, 0.2) is 20.8 Å². The summed E-state index contributed by atoms with van der Waals surface area (Å²) in [6.45, 7) is 3.81. The molecule has 2 aliphatic heterocycles. The van der Waals surface area contributed by atoms with Crippen LogP contribution in [0.25, 0.3) is 0 Å². The maximum atomic E-state index is 11.5. The van der Waals surface area contributed by atoms with E-state index in [1.54, 1.807) is 24.8 Å². The van der Waals surface area contributed by atoms with Crippen molar-refractivity contribution in [3.63, 3.8) is 0 Å². The number of carboxylic acids is 1. The number of rotatable bonds is 5. The minimum Gasteiger partial charge on any atom is -0.535 e. The topological polar surface area (TPSA) is 105 Å². The minimum absolute atomic E-state index is 0.122. The van der Waals surface area contributed by atoms with Gasteiger partial charge in [-0.3, -0.25) is 0 Å². The van der Waals surface area contributed by atoms with Gasteiger partial charge in [0, 0.05) is 5.25 Å². The number of nitrogens with zero attached hydrogens (tertiary/aromatic N) is 2. The number of benzene rings is 1. The molecule has 1 aromatic heterocycles. The van der Waals surface area contributed by atoms with Crippen molar-refractivity contribution in [3.05, 3.63) is 28.8 Å². The largest absolute Gasteiger partial charge is 0.537 e. The van der Waals surface area contributed by atoms with Crippen LogP contribution in [0.1, 0.15) is 34.3 Å². The van der Waals surface area contributed by atoms with Gasteiger partial charge in [0.05, 0.1) is 5.15 Å². The molecule has 0 aliphatic carbocycles. The van der Waals surface area contributed by atoms with E-state index in [0.717, 1.165) is 40.2 Å². The van der Waals surface area contributed by atoms with Gasteiger partial charge in [-0.15, -0.1) is 10.2 Å². The Morgan fingerprint density at radius 2 is 2.00 bits per heavy atom. The summed E-state index contributed by atoms with van der Waals surface area (Å²) >= 11 is 4.75. The Kier molecular flexibility index (Phi) is 6.17. The van der Waals surface area contributed by atoms with E-state index in [0.29, 0.717) is 17.2 Å². The Labute approximate surface area is 175 Å². The van der Waals surface area contributed by atoms with E-state index in [1.807, 2.05) is 6.07 Å². The zero-order valence-corrected chi connectivity index (χ0v) is 17.7. The number of fused-ring (bicyclic) bond motifs is 1. The molecule has 148 valence electrons. The monoisotopic (exact) mass is 437 g/mol. The van der Waals surface area contributed by atoms with Crippen LogP contribution in [0.3, 0.4) is 0 Å². The van der Waals surface area contributed by atoms with Gasteiger partial charge in [-0.05, 0) is 50.4 Å². The van der Waals surface area contributed by atoms with Crippen molar-refractivity contribution >= 4 is 47.9 Å². The van der Waals surface area contributed by atoms with Crippen LogP contribution in [-0.2, 0) is 6.42 Å². The van der Waals surface area contributed by atoms with Gasteiger partial charge < -0.3 is 20.1 Å². The second-order valence-corrected chi connectivity index (χ2v) is 10.8. The lowest BCUT2D eigenvalue weighted by Gasteiger charge is -2.27. The summed E-state index contributed by atoms with van der Waals surface area (Å²) in [4.78, 5) is 11.5. The normalized spacial score (nSPS) is 19.9. The number of hydrogen-bond acceptors (Lipinski definition) is 9. The standard InChI is InChI=1S/C17H20BN3O4S3/c1-9-2-3-10-8-12(18(24)25-14(10)13(9)15(22)23)27-17-21-20-16(28-17)26-11-4-6-19-7-5-11/h2-3,11-12,19,24H,4-8H2,1H3,(H,22,23)/t12-/m0/s1. The number of aromatic nitrogens is 2. The number of nitrogens with one attached hydrogen (secondary N) is 1. The predicted molar refractivity (Wildman–Crippen MR) is 112 cm³/mol.